The highest BCUT2D eigenvalue weighted by Crippen LogP contribution is 2.08. The first-order valence-electron chi connectivity index (χ1n) is 4.64. The fourth-order valence-corrected chi connectivity index (χ4v) is 1.58. The molecule has 0 N–H and O–H groups in total. The summed E-state index contributed by atoms with van der Waals surface area (Å²) < 4.78 is 0. The lowest BCUT2D eigenvalue weighted by Gasteiger charge is -1.94. The zero-order chi connectivity index (χ0) is 10.4. The van der Waals surface area contributed by atoms with Crippen molar-refractivity contribution in [2.75, 3.05) is 5.75 Å². The second kappa shape index (κ2) is 5.66. The molecule has 1 rings (SSSR count). The van der Waals surface area contributed by atoms with Gasteiger partial charge in [0.1, 0.15) is 0 Å². The van der Waals surface area contributed by atoms with Gasteiger partial charge in [-0.3, -0.25) is 4.79 Å². The summed E-state index contributed by atoms with van der Waals surface area (Å²) in [5.41, 5.74) is 2.29. The number of aryl methyl sites for hydroxylation is 1. The van der Waals surface area contributed by atoms with Crippen molar-refractivity contribution in [2.45, 2.75) is 13.8 Å². The predicted octanol–water partition coefficient (Wildman–Crippen LogP) is 3.29. The van der Waals surface area contributed by atoms with E-state index in [0.717, 1.165) is 11.3 Å². The molecule has 0 radical (unpaired) electrons. The van der Waals surface area contributed by atoms with Crippen LogP contribution in [0.5, 0.6) is 0 Å². The number of thioether (sulfide) groups is 1. The summed E-state index contributed by atoms with van der Waals surface area (Å²) in [4.78, 5) is 11.2. The van der Waals surface area contributed by atoms with Gasteiger partial charge in [-0.2, -0.15) is 0 Å². The van der Waals surface area contributed by atoms with E-state index in [0.29, 0.717) is 0 Å². The van der Waals surface area contributed by atoms with Crippen LogP contribution in [0.3, 0.4) is 0 Å². The Balaban J connectivity index is 2.64. The molecular formula is C12H14OS. The normalized spacial score (nSPS) is 10.7. The van der Waals surface area contributed by atoms with Crippen LogP contribution < -0.4 is 0 Å². The highest BCUT2D eigenvalue weighted by Gasteiger charge is 1.93. The van der Waals surface area contributed by atoms with Crippen LogP contribution in [-0.4, -0.2) is 10.9 Å². The van der Waals surface area contributed by atoms with Crippen LogP contribution in [0, 0.1) is 6.92 Å². The quantitative estimate of drug-likeness (QED) is 0.706. The summed E-state index contributed by atoms with van der Waals surface area (Å²) >= 11 is 1.33. The zero-order valence-electron chi connectivity index (χ0n) is 8.49. The Kier molecular flexibility index (Phi) is 4.47. The third-order valence-electron chi connectivity index (χ3n) is 1.74. The van der Waals surface area contributed by atoms with Crippen molar-refractivity contribution in [1.29, 1.82) is 0 Å². The lowest BCUT2D eigenvalue weighted by Crippen LogP contribution is -1.84. The summed E-state index contributed by atoms with van der Waals surface area (Å²) in [7, 11) is 0. The van der Waals surface area contributed by atoms with Gasteiger partial charge in [0.25, 0.3) is 0 Å². The molecule has 0 aromatic heterocycles. The van der Waals surface area contributed by atoms with Gasteiger partial charge in [-0.25, -0.2) is 0 Å². The van der Waals surface area contributed by atoms with Crippen LogP contribution in [-0.2, 0) is 4.79 Å². The van der Waals surface area contributed by atoms with Gasteiger partial charge in [-0.15, -0.1) is 0 Å². The number of rotatable bonds is 3. The van der Waals surface area contributed by atoms with E-state index in [-0.39, 0.29) is 5.12 Å². The van der Waals surface area contributed by atoms with Crippen molar-refractivity contribution in [2.24, 2.45) is 0 Å². The second-order valence-corrected chi connectivity index (χ2v) is 4.27. The highest BCUT2D eigenvalue weighted by molar-refractivity contribution is 8.14. The van der Waals surface area contributed by atoms with Crippen molar-refractivity contribution in [3.63, 3.8) is 0 Å². The van der Waals surface area contributed by atoms with Gasteiger partial charge >= 0.3 is 0 Å². The molecule has 0 heterocycles. The average Bonchev–Trinajstić information content (AvgIpc) is 2.15. The summed E-state index contributed by atoms with van der Waals surface area (Å²) in [6.07, 6.45) is 3.49. The molecule has 1 aromatic carbocycles. The fraction of sp³-hybridized carbons (Fsp3) is 0.250. The fourth-order valence-electron chi connectivity index (χ4n) is 1.13. The molecule has 0 aliphatic carbocycles. The van der Waals surface area contributed by atoms with Gasteiger partial charge < -0.3 is 0 Å². The van der Waals surface area contributed by atoms with Crippen molar-refractivity contribution >= 4 is 23.0 Å². The third kappa shape index (κ3) is 3.79. The highest BCUT2D eigenvalue weighted by atomic mass is 32.2. The Bertz CT molecular complexity index is 342. The van der Waals surface area contributed by atoms with Crippen LogP contribution in [0.4, 0.5) is 0 Å². The van der Waals surface area contributed by atoms with E-state index in [4.69, 9.17) is 0 Å². The minimum atomic E-state index is 0.119. The molecule has 0 amide bonds. The molecular weight excluding hydrogens is 192 g/mol. The number of hydrogen-bond donors (Lipinski definition) is 0. The van der Waals surface area contributed by atoms with Crippen LogP contribution in [0.15, 0.2) is 30.3 Å². The maximum atomic E-state index is 11.2. The standard InChI is InChI=1S/C12H14OS/c1-3-14-12(13)8-7-11-6-4-5-10(2)9-11/h4-9H,3H2,1-2H3/b8-7+. The van der Waals surface area contributed by atoms with Crippen molar-refractivity contribution in [3.8, 4) is 0 Å². The van der Waals surface area contributed by atoms with Crippen LogP contribution in [0.25, 0.3) is 6.08 Å². The van der Waals surface area contributed by atoms with E-state index < -0.39 is 0 Å². The van der Waals surface area contributed by atoms with Crippen molar-refractivity contribution in [3.05, 3.63) is 41.5 Å². The van der Waals surface area contributed by atoms with Gasteiger partial charge in [0.15, 0.2) is 0 Å². The van der Waals surface area contributed by atoms with Gasteiger partial charge in [0, 0.05) is 0 Å². The zero-order valence-corrected chi connectivity index (χ0v) is 9.30. The van der Waals surface area contributed by atoms with E-state index in [9.17, 15) is 4.79 Å². The third-order valence-corrected chi connectivity index (χ3v) is 2.45. The molecule has 1 aromatic rings. The number of benzene rings is 1. The van der Waals surface area contributed by atoms with E-state index in [1.165, 1.54) is 17.3 Å². The number of carbonyl (C=O) groups excluding carboxylic acids is 1. The Hall–Kier alpha value is -1.02. The molecule has 0 atom stereocenters. The van der Waals surface area contributed by atoms with E-state index in [1.807, 2.05) is 38.1 Å². The van der Waals surface area contributed by atoms with Gasteiger partial charge in [-0.1, -0.05) is 54.6 Å². The van der Waals surface area contributed by atoms with Crippen molar-refractivity contribution < 1.29 is 4.79 Å². The molecule has 0 unspecified atom stereocenters. The second-order valence-electron chi connectivity index (χ2n) is 3.00. The average molecular weight is 206 g/mol. The SMILES string of the molecule is CCSC(=O)/C=C/c1cccc(C)c1. The lowest BCUT2D eigenvalue weighted by atomic mass is 10.1. The summed E-state index contributed by atoms with van der Waals surface area (Å²) in [6, 6.07) is 8.08. The topological polar surface area (TPSA) is 17.1 Å². The summed E-state index contributed by atoms with van der Waals surface area (Å²) in [5, 5.41) is 0.119. The Labute approximate surface area is 89.2 Å². The minimum absolute atomic E-state index is 0.119. The molecule has 0 bridgehead atoms. The molecule has 0 saturated heterocycles. The van der Waals surface area contributed by atoms with Gasteiger partial charge in [0.2, 0.25) is 5.12 Å². The molecule has 1 nitrogen and oxygen atoms in total. The summed E-state index contributed by atoms with van der Waals surface area (Å²) in [6.45, 7) is 4.02. The monoisotopic (exact) mass is 206 g/mol. The van der Waals surface area contributed by atoms with Crippen LogP contribution >= 0.6 is 11.8 Å². The van der Waals surface area contributed by atoms with Gasteiger partial charge in [-0.05, 0) is 24.3 Å². The first-order chi connectivity index (χ1) is 6.72. The maximum Gasteiger partial charge on any atom is 0.212 e. The first kappa shape index (κ1) is 11.1. The molecule has 14 heavy (non-hydrogen) atoms. The van der Waals surface area contributed by atoms with Crippen LogP contribution in [0.2, 0.25) is 0 Å². The van der Waals surface area contributed by atoms with E-state index in [1.54, 1.807) is 6.08 Å². The molecule has 2 heteroatoms. The van der Waals surface area contributed by atoms with Gasteiger partial charge in [0.05, 0.1) is 0 Å². The molecule has 0 saturated carbocycles. The molecule has 0 aliphatic rings. The summed E-state index contributed by atoms with van der Waals surface area (Å²) in [5.74, 6) is 0.830. The first-order valence-corrected chi connectivity index (χ1v) is 5.62. The van der Waals surface area contributed by atoms with Crippen LogP contribution in [0.1, 0.15) is 18.1 Å². The number of carbonyl (C=O) groups is 1. The number of hydrogen-bond acceptors (Lipinski definition) is 2. The predicted molar refractivity (Wildman–Crippen MR) is 63.4 cm³/mol. The van der Waals surface area contributed by atoms with E-state index in [2.05, 4.69) is 6.07 Å². The maximum absolute atomic E-state index is 11.2. The molecule has 0 spiro atoms. The molecule has 74 valence electrons. The largest absolute Gasteiger partial charge is 0.282 e. The molecule has 0 fully saturated rings. The Morgan fingerprint density at radius 1 is 1.50 bits per heavy atom. The Morgan fingerprint density at radius 3 is 2.93 bits per heavy atom. The van der Waals surface area contributed by atoms with Crippen molar-refractivity contribution in [1.82, 2.24) is 0 Å². The molecule has 0 aliphatic heterocycles. The minimum Gasteiger partial charge on any atom is -0.282 e. The smallest absolute Gasteiger partial charge is 0.212 e. The lowest BCUT2D eigenvalue weighted by molar-refractivity contribution is -0.106. The Morgan fingerprint density at radius 2 is 2.29 bits per heavy atom. The van der Waals surface area contributed by atoms with E-state index >= 15 is 0 Å².